The fraction of sp³-hybridized carbons (Fsp3) is 0.588. The monoisotopic (exact) mass is 292 g/mol. The zero-order chi connectivity index (χ0) is 15.7. The lowest BCUT2D eigenvalue weighted by Crippen LogP contribution is -2.34. The Morgan fingerprint density at radius 2 is 1.90 bits per heavy atom. The van der Waals surface area contributed by atoms with Gasteiger partial charge in [-0.15, -0.1) is 0 Å². The molecule has 0 aliphatic carbocycles. The lowest BCUT2D eigenvalue weighted by Gasteiger charge is -2.24. The molecule has 1 rings (SSSR count). The summed E-state index contributed by atoms with van der Waals surface area (Å²) in [6, 6.07) is 6.79. The summed E-state index contributed by atoms with van der Waals surface area (Å²) in [5, 5.41) is 3.42. The highest BCUT2D eigenvalue weighted by molar-refractivity contribution is 5.89. The van der Waals surface area contributed by atoms with E-state index in [1.54, 1.807) is 24.3 Å². The molecule has 0 heterocycles. The number of carbonyl (C=O) groups excluding carboxylic acids is 1. The summed E-state index contributed by atoms with van der Waals surface area (Å²) >= 11 is 0. The average molecular weight is 292 g/mol. The summed E-state index contributed by atoms with van der Waals surface area (Å²) in [5.41, 5.74) is 6.71. The number of carbonyl (C=O) groups is 1. The minimum Gasteiger partial charge on any atom is -0.461 e. The molecule has 0 bridgehead atoms. The van der Waals surface area contributed by atoms with Crippen molar-refractivity contribution >= 4 is 11.7 Å². The van der Waals surface area contributed by atoms with Crippen molar-refractivity contribution in [3.63, 3.8) is 0 Å². The van der Waals surface area contributed by atoms with E-state index in [1.165, 1.54) is 19.3 Å². The number of nitrogens with two attached hydrogens (primary N) is 1. The van der Waals surface area contributed by atoms with Crippen molar-refractivity contribution in [2.45, 2.75) is 40.0 Å². The Balaban J connectivity index is 2.31. The molecular weight excluding hydrogens is 264 g/mol. The molecule has 3 N–H and O–H groups in total. The molecule has 0 fully saturated rings. The van der Waals surface area contributed by atoms with Crippen LogP contribution in [0.4, 0.5) is 5.69 Å². The molecule has 118 valence electrons. The predicted molar refractivity (Wildman–Crippen MR) is 87.3 cm³/mol. The zero-order valence-corrected chi connectivity index (χ0v) is 13.4. The average Bonchev–Trinajstić information content (AvgIpc) is 2.45. The number of hydrogen-bond donors (Lipinski definition) is 2. The summed E-state index contributed by atoms with van der Waals surface area (Å²) in [5.74, 6) is -0.297. The van der Waals surface area contributed by atoms with Crippen molar-refractivity contribution in [3.05, 3.63) is 29.8 Å². The van der Waals surface area contributed by atoms with E-state index in [0.29, 0.717) is 17.9 Å². The topological polar surface area (TPSA) is 64.3 Å². The minimum absolute atomic E-state index is 0.0737. The van der Waals surface area contributed by atoms with Gasteiger partial charge in [-0.3, -0.25) is 0 Å². The highest BCUT2D eigenvalue weighted by atomic mass is 16.5. The van der Waals surface area contributed by atoms with E-state index in [2.05, 4.69) is 26.1 Å². The number of rotatable bonds is 9. The SMILES string of the molecule is CCCCCNCC(C)(C)COC(=O)c1ccc(N)cc1. The van der Waals surface area contributed by atoms with Crippen molar-refractivity contribution in [1.82, 2.24) is 5.32 Å². The van der Waals surface area contributed by atoms with Crippen LogP contribution in [0.2, 0.25) is 0 Å². The van der Waals surface area contributed by atoms with E-state index in [0.717, 1.165) is 13.1 Å². The molecule has 0 radical (unpaired) electrons. The molecule has 1 aromatic carbocycles. The van der Waals surface area contributed by atoms with Crippen LogP contribution in [-0.2, 0) is 4.74 Å². The molecule has 1 aromatic rings. The summed E-state index contributed by atoms with van der Waals surface area (Å²) < 4.78 is 5.39. The van der Waals surface area contributed by atoms with Crippen molar-refractivity contribution in [1.29, 1.82) is 0 Å². The number of benzene rings is 1. The molecule has 0 atom stereocenters. The van der Waals surface area contributed by atoms with Gasteiger partial charge in [-0.05, 0) is 37.2 Å². The van der Waals surface area contributed by atoms with Gasteiger partial charge in [0, 0.05) is 17.6 Å². The van der Waals surface area contributed by atoms with Crippen LogP contribution in [0.25, 0.3) is 0 Å². The van der Waals surface area contributed by atoms with Crippen molar-refractivity contribution in [2.24, 2.45) is 5.41 Å². The van der Waals surface area contributed by atoms with E-state index < -0.39 is 0 Å². The van der Waals surface area contributed by atoms with Gasteiger partial charge in [0.15, 0.2) is 0 Å². The molecule has 21 heavy (non-hydrogen) atoms. The normalized spacial score (nSPS) is 11.4. The van der Waals surface area contributed by atoms with Crippen molar-refractivity contribution < 1.29 is 9.53 Å². The van der Waals surface area contributed by atoms with E-state index in [1.807, 2.05) is 0 Å². The van der Waals surface area contributed by atoms with Crippen LogP contribution >= 0.6 is 0 Å². The predicted octanol–water partition coefficient (Wildman–Crippen LogP) is 3.23. The van der Waals surface area contributed by atoms with Gasteiger partial charge in [0.1, 0.15) is 0 Å². The number of nitrogen functional groups attached to an aromatic ring is 1. The number of esters is 1. The van der Waals surface area contributed by atoms with Gasteiger partial charge < -0.3 is 15.8 Å². The van der Waals surface area contributed by atoms with Crippen LogP contribution < -0.4 is 11.1 Å². The summed E-state index contributed by atoms with van der Waals surface area (Å²) in [6.07, 6.45) is 3.67. The summed E-state index contributed by atoms with van der Waals surface area (Å²) in [4.78, 5) is 11.9. The second kappa shape index (κ2) is 8.67. The van der Waals surface area contributed by atoms with Crippen molar-refractivity contribution in [3.8, 4) is 0 Å². The molecule has 4 nitrogen and oxygen atoms in total. The van der Waals surface area contributed by atoms with Gasteiger partial charge >= 0.3 is 5.97 Å². The molecule has 0 aliphatic heterocycles. The Hall–Kier alpha value is -1.55. The molecule has 0 unspecified atom stereocenters. The number of nitrogens with one attached hydrogen (secondary N) is 1. The molecule has 0 aliphatic rings. The molecule has 0 saturated heterocycles. The van der Waals surface area contributed by atoms with Crippen LogP contribution in [0.5, 0.6) is 0 Å². The van der Waals surface area contributed by atoms with E-state index in [4.69, 9.17) is 10.5 Å². The Morgan fingerprint density at radius 3 is 2.52 bits per heavy atom. The number of anilines is 1. The van der Waals surface area contributed by atoms with Crippen molar-refractivity contribution in [2.75, 3.05) is 25.4 Å². The van der Waals surface area contributed by atoms with Gasteiger partial charge in [0.2, 0.25) is 0 Å². The Morgan fingerprint density at radius 1 is 1.24 bits per heavy atom. The Bertz CT molecular complexity index is 427. The quantitative estimate of drug-likeness (QED) is 0.417. The molecule has 0 saturated carbocycles. The van der Waals surface area contributed by atoms with Crippen LogP contribution in [0.15, 0.2) is 24.3 Å². The van der Waals surface area contributed by atoms with Gasteiger partial charge in [0.05, 0.1) is 12.2 Å². The maximum atomic E-state index is 11.9. The van der Waals surface area contributed by atoms with Gasteiger partial charge in [0.25, 0.3) is 0 Å². The van der Waals surface area contributed by atoms with Crippen LogP contribution in [-0.4, -0.2) is 25.7 Å². The Labute approximate surface area is 128 Å². The molecule has 0 amide bonds. The summed E-state index contributed by atoms with van der Waals surface area (Å²) in [6.45, 7) is 8.64. The smallest absolute Gasteiger partial charge is 0.338 e. The third-order valence-electron chi connectivity index (χ3n) is 3.30. The Kier molecular flexibility index (Phi) is 7.23. The first-order valence-corrected chi connectivity index (χ1v) is 7.68. The fourth-order valence-corrected chi connectivity index (χ4v) is 1.94. The first-order chi connectivity index (χ1) is 9.94. The molecular formula is C17H28N2O2. The highest BCUT2D eigenvalue weighted by Gasteiger charge is 2.20. The second-order valence-corrected chi connectivity index (χ2v) is 6.25. The standard InChI is InChI=1S/C17H28N2O2/c1-4-5-6-11-19-12-17(2,3)13-21-16(20)14-7-9-15(18)10-8-14/h7-10,19H,4-6,11-13,18H2,1-3H3. The number of ether oxygens (including phenoxy) is 1. The first kappa shape index (κ1) is 17.5. The van der Waals surface area contributed by atoms with E-state index in [-0.39, 0.29) is 11.4 Å². The molecule has 0 aromatic heterocycles. The summed E-state index contributed by atoms with van der Waals surface area (Å²) in [7, 11) is 0. The third kappa shape index (κ3) is 7.14. The third-order valence-corrected chi connectivity index (χ3v) is 3.30. The largest absolute Gasteiger partial charge is 0.461 e. The van der Waals surface area contributed by atoms with E-state index in [9.17, 15) is 4.79 Å². The number of unbranched alkanes of at least 4 members (excludes halogenated alkanes) is 2. The lowest BCUT2D eigenvalue weighted by molar-refractivity contribution is 0.0342. The number of hydrogen-bond acceptors (Lipinski definition) is 4. The van der Waals surface area contributed by atoms with Gasteiger partial charge in [-0.2, -0.15) is 0 Å². The molecule has 4 heteroatoms. The van der Waals surface area contributed by atoms with Gasteiger partial charge in [-0.25, -0.2) is 4.79 Å². The lowest BCUT2D eigenvalue weighted by atomic mass is 9.95. The zero-order valence-electron chi connectivity index (χ0n) is 13.4. The van der Waals surface area contributed by atoms with Crippen LogP contribution in [0, 0.1) is 5.41 Å². The van der Waals surface area contributed by atoms with Gasteiger partial charge in [-0.1, -0.05) is 33.6 Å². The first-order valence-electron chi connectivity index (χ1n) is 7.68. The fourth-order valence-electron chi connectivity index (χ4n) is 1.94. The van der Waals surface area contributed by atoms with Crippen LogP contribution in [0.3, 0.4) is 0 Å². The maximum absolute atomic E-state index is 11.9. The van der Waals surface area contributed by atoms with Crippen LogP contribution in [0.1, 0.15) is 50.4 Å². The highest BCUT2D eigenvalue weighted by Crippen LogP contribution is 2.16. The minimum atomic E-state index is -0.297. The molecule has 0 spiro atoms. The maximum Gasteiger partial charge on any atom is 0.338 e. The van der Waals surface area contributed by atoms with E-state index >= 15 is 0 Å². The second-order valence-electron chi connectivity index (χ2n) is 6.25.